The van der Waals surface area contributed by atoms with E-state index in [2.05, 4.69) is 4.98 Å². The SMILES string of the molecule is COc1ccc2c(C=O)ccc(OCc3ccccc3)c2n1. The molecular formula is C18H15NO3. The molecule has 1 heterocycles. The van der Waals surface area contributed by atoms with E-state index in [4.69, 9.17) is 9.47 Å². The minimum absolute atomic E-state index is 0.440. The molecule has 3 rings (SSSR count). The summed E-state index contributed by atoms with van der Waals surface area (Å²) in [4.78, 5) is 15.6. The summed E-state index contributed by atoms with van der Waals surface area (Å²) < 4.78 is 11.0. The first-order valence-electron chi connectivity index (χ1n) is 6.91. The number of hydrogen-bond acceptors (Lipinski definition) is 4. The predicted molar refractivity (Wildman–Crippen MR) is 84.5 cm³/mol. The molecule has 1 aromatic heterocycles. The highest BCUT2D eigenvalue weighted by atomic mass is 16.5. The second-order valence-electron chi connectivity index (χ2n) is 4.79. The Morgan fingerprint density at radius 1 is 1.05 bits per heavy atom. The van der Waals surface area contributed by atoms with Crippen LogP contribution in [-0.2, 0) is 6.61 Å². The third-order valence-electron chi connectivity index (χ3n) is 3.40. The maximum atomic E-state index is 11.2. The standard InChI is InChI=1S/C18H15NO3/c1-21-17-10-8-15-14(11-20)7-9-16(18(15)19-17)22-12-13-5-3-2-4-6-13/h2-11H,12H2,1H3. The van der Waals surface area contributed by atoms with Crippen LogP contribution in [0.4, 0.5) is 0 Å². The molecule has 0 N–H and O–H groups in total. The molecule has 4 heteroatoms. The Morgan fingerprint density at radius 2 is 1.86 bits per heavy atom. The van der Waals surface area contributed by atoms with Crippen LogP contribution in [0.25, 0.3) is 10.9 Å². The molecule has 0 fully saturated rings. The van der Waals surface area contributed by atoms with Crippen molar-refractivity contribution < 1.29 is 14.3 Å². The van der Waals surface area contributed by atoms with E-state index in [9.17, 15) is 4.79 Å². The number of aldehydes is 1. The summed E-state index contributed by atoms with van der Waals surface area (Å²) in [5.74, 6) is 1.11. The van der Waals surface area contributed by atoms with Gasteiger partial charge in [0.1, 0.15) is 17.9 Å². The largest absolute Gasteiger partial charge is 0.487 e. The lowest BCUT2D eigenvalue weighted by molar-refractivity contribution is 0.112. The van der Waals surface area contributed by atoms with Gasteiger partial charge < -0.3 is 9.47 Å². The van der Waals surface area contributed by atoms with Gasteiger partial charge in [-0.05, 0) is 23.8 Å². The first-order valence-corrected chi connectivity index (χ1v) is 6.91. The number of aromatic nitrogens is 1. The van der Waals surface area contributed by atoms with Crippen LogP contribution >= 0.6 is 0 Å². The van der Waals surface area contributed by atoms with Gasteiger partial charge in [0.25, 0.3) is 0 Å². The zero-order valence-electron chi connectivity index (χ0n) is 12.2. The molecule has 0 aliphatic rings. The van der Waals surface area contributed by atoms with Crippen molar-refractivity contribution in [2.75, 3.05) is 7.11 Å². The summed E-state index contributed by atoms with van der Waals surface area (Å²) in [5, 5.41) is 0.751. The topological polar surface area (TPSA) is 48.4 Å². The number of hydrogen-bond donors (Lipinski definition) is 0. The fourth-order valence-electron chi connectivity index (χ4n) is 2.26. The summed E-state index contributed by atoms with van der Waals surface area (Å²) in [6.45, 7) is 0.440. The van der Waals surface area contributed by atoms with Gasteiger partial charge in [0.2, 0.25) is 5.88 Å². The number of fused-ring (bicyclic) bond motifs is 1. The number of rotatable bonds is 5. The maximum Gasteiger partial charge on any atom is 0.213 e. The third kappa shape index (κ3) is 2.76. The molecular weight excluding hydrogens is 278 g/mol. The molecule has 4 nitrogen and oxygen atoms in total. The number of nitrogens with zero attached hydrogens (tertiary/aromatic N) is 1. The first-order chi connectivity index (χ1) is 10.8. The molecule has 110 valence electrons. The van der Waals surface area contributed by atoms with Crippen molar-refractivity contribution in [3.05, 3.63) is 65.7 Å². The minimum Gasteiger partial charge on any atom is -0.487 e. The Balaban J connectivity index is 1.99. The fourth-order valence-corrected chi connectivity index (χ4v) is 2.26. The molecule has 0 atom stereocenters. The highest BCUT2D eigenvalue weighted by Crippen LogP contribution is 2.29. The molecule has 3 aromatic rings. The lowest BCUT2D eigenvalue weighted by Crippen LogP contribution is -1.98. The van der Waals surface area contributed by atoms with Crippen LogP contribution in [0, 0.1) is 0 Å². The van der Waals surface area contributed by atoms with E-state index in [1.807, 2.05) is 36.4 Å². The molecule has 2 aromatic carbocycles. The normalized spacial score (nSPS) is 10.4. The Morgan fingerprint density at radius 3 is 2.59 bits per heavy atom. The van der Waals surface area contributed by atoms with Crippen molar-refractivity contribution >= 4 is 17.2 Å². The highest BCUT2D eigenvalue weighted by Gasteiger charge is 2.10. The Labute approximate surface area is 128 Å². The molecule has 0 saturated heterocycles. The molecule has 0 amide bonds. The van der Waals surface area contributed by atoms with E-state index in [-0.39, 0.29) is 0 Å². The van der Waals surface area contributed by atoms with Gasteiger partial charge in [0, 0.05) is 17.0 Å². The predicted octanol–water partition coefficient (Wildman–Crippen LogP) is 3.63. The quantitative estimate of drug-likeness (QED) is 0.674. The molecule has 0 aliphatic carbocycles. The van der Waals surface area contributed by atoms with Crippen molar-refractivity contribution in [1.82, 2.24) is 4.98 Å². The molecule has 0 saturated carbocycles. The molecule has 0 aliphatic heterocycles. The minimum atomic E-state index is 0.440. The first kappa shape index (κ1) is 14.1. The van der Waals surface area contributed by atoms with Crippen molar-refractivity contribution in [2.45, 2.75) is 6.61 Å². The van der Waals surface area contributed by atoms with Crippen LogP contribution in [0.2, 0.25) is 0 Å². The van der Waals surface area contributed by atoms with E-state index < -0.39 is 0 Å². The van der Waals surface area contributed by atoms with Gasteiger partial charge in [-0.1, -0.05) is 30.3 Å². The molecule has 0 unspecified atom stereocenters. The van der Waals surface area contributed by atoms with Gasteiger partial charge in [-0.3, -0.25) is 4.79 Å². The fraction of sp³-hybridized carbons (Fsp3) is 0.111. The summed E-state index contributed by atoms with van der Waals surface area (Å²) >= 11 is 0. The summed E-state index contributed by atoms with van der Waals surface area (Å²) in [5.41, 5.74) is 2.27. The molecule has 22 heavy (non-hydrogen) atoms. The van der Waals surface area contributed by atoms with Gasteiger partial charge in [0.05, 0.1) is 7.11 Å². The molecule has 0 bridgehead atoms. The van der Waals surface area contributed by atoms with Crippen molar-refractivity contribution in [2.24, 2.45) is 0 Å². The molecule has 0 radical (unpaired) electrons. The van der Waals surface area contributed by atoms with Gasteiger partial charge in [-0.15, -0.1) is 0 Å². The van der Waals surface area contributed by atoms with Crippen molar-refractivity contribution in [1.29, 1.82) is 0 Å². The van der Waals surface area contributed by atoms with Crippen molar-refractivity contribution in [3.8, 4) is 11.6 Å². The van der Waals surface area contributed by atoms with E-state index in [1.165, 1.54) is 0 Å². The number of carbonyl (C=O) groups excluding carboxylic acids is 1. The Bertz CT molecular complexity index is 800. The number of pyridine rings is 1. The summed E-state index contributed by atoms with van der Waals surface area (Å²) in [7, 11) is 1.56. The van der Waals surface area contributed by atoms with Crippen LogP contribution < -0.4 is 9.47 Å². The van der Waals surface area contributed by atoms with Crippen LogP contribution in [0.5, 0.6) is 11.6 Å². The third-order valence-corrected chi connectivity index (χ3v) is 3.40. The van der Waals surface area contributed by atoms with Gasteiger partial charge in [-0.2, -0.15) is 0 Å². The monoisotopic (exact) mass is 293 g/mol. The van der Waals surface area contributed by atoms with Crippen LogP contribution in [-0.4, -0.2) is 18.4 Å². The number of ether oxygens (including phenoxy) is 2. The highest BCUT2D eigenvalue weighted by molar-refractivity contribution is 5.99. The van der Waals surface area contributed by atoms with Gasteiger partial charge in [0.15, 0.2) is 6.29 Å². The van der Waals surface area contributed by atoms with E-state index >= 15 is 0 Å². The van der Waals surface area contributed by atoms with E-state index in [0.717, 1.165) is 17.2 Å². The smallest absolute Gasteiger partial charge is 0.213 e. The van der Waals surface area contributed by atoms with Crippen LogP contribution in [0.15, 0.2) is 54.6 Å². The summed E-state index contributed by atoms with van der Waals surface area (Å²) in [6.07, 6.45) is 0.817. The lowest BCUT2D eigenvalue weighted by atomic mass is 10.1. The average molecular weight is 293 g/mol. The van der Waals surface area contributed by atoms with E-state index in [0.29, 0.717) is 29.3 Å². The Kier molecular flexibility index (Phi) is 4.01. The second-order valence-corrected chi connectivity index (χ2v) is 4.79. The van der Waals surface area contributed by atoms with Crippen molar-refractivity contribution in [3.63, 3.8) is 0 Å². The lowest BCUT2D eigenvalue weighted by Gasteiger charge is -2.11. The second kappa shape index (κ2) is 6.26. The average Bonchev–Trinajstić information content (AvgIpc) is 2.60. The maximum absolute atomic E-state index is 11.2. The van der Waals surface area contributed by atoms with Crippen LogP contribution in [0.3, 0.4) is 0 Å². The summed E-state index contributed by atoms with van der Waals surface area (Å²) in [6, 6.07) is 16.9. The number of benzene rings is 2. The van der Waals surface area contributed by atoms with E-state index in [1.54, 1.807) is 25.3 Å². The van der Waals surface area contributed by atoms with Gasteiger partial charge in [-0.25, -0.2) is 4.98 Å². The Hall–Kier alpha value is -2.88. The zero-order chi connectivity index (χ0) is 15.4. The molecule has 0 spiro atoms. The van der Waals surface area contributed by atoms with Gasteiger partial charge >= 0.3 is 0 Å². The zero-order valence-corrected chi connectivity index (χ0v) is 12.2. The number of methoxy groups -OCH3 is 1. The number of carbonyl (C=O) groups is 1. The van der Waals surface area contributed by atoms with Crippen LogP contribution in [0.1, 0.15) is 15.9 Å².